The van der Waals surface area contributed by atoms with Crippen molar-refractivity contribution < 1.29 is 4.79 Å². The quantitative estimate of drug-likeness (QED) is 0.819. The highest BCUT2D eigenvalue weighted by Gasteiger charge is 2.30. The Balaban J connectivity index is 1.86. The van der Waals surface area contributed by atoms with Crippen LogP contribution in [0.25, 0.3) is 0 Å². The number of nitrogens with zero attached hydrogens (tertiary/aromatic N) is 2. The molecular formula is C15H29N3O. The maximum atomic E-state index is 12.5. The molecule has 0 spiro atoms. The zero-order chi connectivity index (χ0) is 13.8. The average Bonchev–Trinajstić information content (AvgIpc) is 2.87. The highest BCUT2D eigenvalue weighted by Crippen LogP contribution is 2.16. The van der Waals surface area contributed by atoms with Gasteiger partial charge in [0.1, 0.15) is 0 Å². The van der Waals surface area contributed by atoms with Crippen LogP contribution in [0.1, 0.15) is 46.5 Å². The predicted molar refractivity (Wildman–Crippen MR) is 78.1 cm³/mol. The summed E-state index contributed by atoms with van der Waals surface area (Å²) in [6.45, 7) is 10.7. The van der Waals surface area contributed by atoms with Crippen molar-refractivity contribution in [3.63, 3.8) is 0 Å². The number of amides is 1. The fraction of sp³-hybridized carbons (Fsp3) is 0.933. The third-order valence-corrected chi connectivity index (χ3v) is 4.31. The van der Waals surface area contributed by atoms with E-state index in [1.807, 2.05) is 0 Å². The third kappa shape index (κ3) is 3.93. The summed E-state index contributed by atoms with van der Waals surface area (Å²) in [6, 6.07) is 0.925. The van der Waals surface area contributed by atoms with Crippen molar-refractivity contribution in [2.24, 2.45) is 0 Å². The molecule has 19 heavy (non-hydrogen) atoms. The second-order valence-corrected chi connectivity index (χ2v) is 6.39. The lowest BCUT2D eigenvalue weighted by molar-refractivity contribution is -0.137. The van der Waals surface area contributed by atoms with E-state index in [1.165, 1.54) is 25.9 Å². The molecule has 2 fully saturated rings. The van der Waals surface area contributed by atoms with E-state index in [0.29, 0.717) is 18.0 Å². The molecule has 2 rings (SSSR count). The van der Waals surface area contributed by atoms with Crippen LogP contribution in [-0.2, 0) is 4.79 Å². The number of piperidine rings is 1. The van der Waals surface area contributed by atoms with Gasteiger partial charge in [0.05, 0.1) is 6.04 Å². The van der Waals surface area contributed by atoms with Crippen molar-refractivity contribution >= 4 is 5.91 Å². The Kier molecular flexibility index (Phi) is 5.22. The number of hydrogen-bond acceptors (Lipinski definition) is 3. The van der Waals surface area contributed by atoms with Crippen LogP contribution >= 0.6 is 0 Å². The molecule has 2 unspecified atom stereocenters. The zero-order valence-corrected chi connectivity index (χ0v) is 12.7. The van der Waals surface area contributed by atoms with Gasteiger partial charge in [-0.05, 0) is 45.7 Å². The second kappa shape index (κ2) is 6.71. The van der Waals surface area contributed by atoms with Crippen molar-refractivity contribution in [1.29, 1.82) is 0 Å². The number of likely N-dealkylation sites (tertiary alicyclic amines) is 2. The maximum Gasteiger partial charge on any atom is 0.239 e. The Morgan fingerprint density at radius 1 is 1.16 bits per heavy atom. The van der Waals surface area contributed by atoms with E-state index in [-0.39, 0.29) is 6.04 Å². The predicted octanol–water partition coefficient (Wildman–Crippen LogP) is 1.46. The molecule has 1 N–H and O–H groups in total. The van der Waals surface area contributed by atoms with Gasteiger partial charge < -0.3 is 10.2 Å². The van der Waals surface area contributed by atoms with Gasteiger partial charge in [-0.1, -0.05) is 13.8 Å². The molecule has 0 aliphatic carbocycles. The molecule has 4 heteroatoms. The van der Waals surface area contributed by atoms with E-state index in [2.05, 4.69) is 35.9 Å². The van der Waals surface area contributed by atoms with Crippen molar-refractivity contribution in [3.05, 3.63) is 0 Å². The molecule has 2 aliphatic rings. The van der Waals surface area contributed by atoms with Crippen LogP contribution in [0.15, 0.2) is 0 Å². The number of hydrogen-bond donors (Lipinski definition) is 1. The summed E-state index contributed by atoms with van der Waals surface area (Å²) in [7, 11) is 0. The fourth-order valence-electron chi connectivity index (χ4n) is 3.30. The van der Waals surface area contributed by atoms with Gasteiger partial charge in [0, 0.05) is 25.2 Å². The van der Waals surface area contributed by atoms with Gasteiger partial charge in [0.15, 0.2) is 0 Å². The molecule has 2 aliphatic heterocycles. The van der Waals surface area contributed by atoms with E-state index in [4.69, 9.17) is 0 Å². The monoisotopic (exact) mass is 267 g/mol. The minimum atomic E-state index is 0.0412. The highest BCUT2D eigenvalue weighted by atomic mass is 16.2. The summed E-state index contributed by atoms with van der Waals surface area (Å²) in [6.07, 6.45) is 4.75. The lowest BCUT2D eigenvalue weighted by atomic mass is 10.0. The molecular weight excluding hydrogens is 238 g/mol. The fourth-order valence-corrected chi connectivity index (χ4v) is 3.30. The molecule has 1 amide bonds. The standard InChI is InChI=1S/C15H29N3O/c1-12(2)16-14-7-6-10-18(15(14)19)11-13(3)17-8-4-5-9-17/h12-14,16H,4-11H2,1-3H3. The molecule has 2 atom stereocenters. The molecule has 0 radical (unpaired) electrons. The van der Waals surface area contributed by atoms with Gasteiger partial charge in [-0.25, -0.2) is 0 Å². The number of nitrogens with one attached hydrogen (secondary N) is 1. The van der Waals surface area contributed by atoms with E-state index in [1.54, 1.807) is 0 Å². The molecule has 0 aromatic carbocycles. The van der Waals surface area contributed by atoms with E-state index >= 15 is 0 Å². The van der Waals surface area contributed by atoms with Crippen molar-refractivity contribution in [3.8, 4) is 0 Å². The number of carbonyl (C=O) groups excluding carboxylic acids is 1. The number of rotatable bonds is 5. The van der Waals surface area contributed by atoms with Crippen LogP contribution in [0.2, 0.25) is 0 Å². The normalized spacial score (nSPS) is 27.3. The molecule has 0 aromatic heterocycles. The van der Waals surface area contributed by atoms with E-state index < -0.39 is 0 Å². The summed E-state index contributed by atoms with van der Waals surface area (Å²) in [5.74, 6) is 0.311. The Hall–Kier alpha value is -0.610. The Morgan fingerprint density at radius 2 is 1.84 bits per heavy atom. The van der Waals surface area contributed by atoms with Crippen LogP contribution in [0.4, 0.5) is 0 Å². The second-order valence-electron chi connectivity index (χ2n) is 6.39. The Labute approximate surface area is 117 Å². The van der Waals surface area contributed by atoms with Crippen molar-refractivity contribution in [2.75, 3.05) is 26.2 Å². The van der Waals surface area contributed by atoms with Gasteiger partial charge in [0.2, 0.25) is 5.91 Å². The SMILES string of the molecule is CC(C)NC1CCCN(CC(C)N2CCCC2)C1=O. The first-order chi connectivity index (χ1) is 9.08. The van der Waals surface area contributed by atoms with Crippen molar-refractivity contribution in [1.82, 2.24) is 15.1 Å². The van der Waals surface area contributed by atoms with Gasteiger partial charge in [-0.3, -0.25) is 9.69 Å². The summed E-state index contributed by atoms with van der Waals surface area (Å²) in [4.78, 5) is 17.1. The summed E-state index contributed by atoms with van der Waals surface area (Å²) >= 11 is 0. The van der Waals surface area contributed by atoms with Crippen LogP contribution in [0.3, 0.4) is 0 Å². The van der Waals surface area contributed by atoms with E-state index in [9.17, 15) is 4.79 Å². The molecule has 110 valence electrons. The van der Waals surface area contributed by atoms with Crippen LogP contribution in [-0.4, -0.2) is 60.0 Å². The summed E-state index contributed by atoms with van der Waals surface area (Å²) in [5, 5.41) is 3.40. The van der Waals surface area contributed by atoms with Crippen LogP contribution in [0, 0.1) is 0 Å². The van der Waals surface area contributed by atoms with Crippen LogP contribution < -0.4 is 5.32 Å². The lowest BCUT2D eigenvalue weighted by Gasteiger charge is -2.37. The lowest BCUT2D eigenvalue weighted by Crippen LogP contribution is -2.55. The molecule has 0 saturated carbocycles. The van der Waals surface area contributed by atoms with Gasteiger partial charge >= 0.3 is 0 Å². The van der Waals surface area contributed by atoms with E-state index in [0.717, 1.165) is 25.9 Å². The molecule has 0 aromatic rings. The molecule has 4 nitrogen and oxygen atoms in total. The summed E-state index contributed by atoms with van der Waals surface area (Å²) in [5.41, 5.74) is 0. The van der Waals surface area contributed by atoms with Gasteiger partial charge in [-0.15, -0.1) is 0 Å². The topological polar surface area (TPSA) is 35.6 Å². The molecule has 2 heterocycles. The average molecular weight is 267 g/mol. The minimum Gasteiger partial charge on any atom is -0.340 e. The zero-order valence-electron chi connectivity index (χ0n) is 12.7. The first-order valence-corrected chi connectivity index (χ1v) is 7.87. The highest BCUT2D eigenvalue weighted by molar-refractivity contribution is 5.82. The van der Waals surface area contributed by atoms with Gasteiger partial charge in [-0.2, -0.15) is 0 Å². The smallest absolute Gasteiger partial charge is 0.239 e. The van der Waals surface area contributed by atoms with Crippen LogP contribution in [0.5, 0.6) is 0 Å². The summed E-state index contributed by atoms with van der Waals surface area (Å²) < 4.78 is 0. The maximum absolute atomic E-state index is 12.5. The number of carbonyl (C=O) groups is 1. The molecule has 2 saturated heterocycles. The van der Waals surface area contributed by atoms with Gasteiger partial charge in [0.25, 0.3) is 0 Å². The first-order valence-electron chi connectivity index (χ1n) is 7.87. The van der Waals surface area contributed by atoms with Crippen molar-refractivity contribution in [2.45, 2.75) is 64.6 Å². The minimum absolute atomic E-state index is 0.0412. The molecule has 0 bridgehead atoms. The Bertz CT molecular complexity index is 300. The third-order valence-electron chi connectivity index (χ3n) is 4.31. The first kappa shape index (κ1) is 14.8. The Morgan fingerprint density at radius 3 is 2.47 bits per heavy atom. The largest absolute Gasteiger partial charge is 0.340 e.